The molecule has 0 aliphatic carbocycles. The molecule has 0 saturated carbocycles. The van der Waals surface area contributed by atoms with E-state index in [4.69, 9.17) is 16.0 Å². The summed E-state index contributed by atoms with van der Waals surface area (Å²) in [7, 11) is 0. The van der Waals surface area contributed by atoms with Gasteiger partial charge in [0.25, 0.3) is 5.91 Å². The molecule has 3 heterocycles. The second kappa shape index (κ2) is 5.97. The molecule has 2 fully saturated rings. The van der Waals surface area contributed by atoms with E-state index in [1.807, 2.05) is 4.90 Å². The second-order valence-electron chi connectivity index (χ2n) is 5.41. The van der Waals surface area contributed by atoms with E-state index < -0.39 is 0 Å². The summed E-state index contributed by atoms with van der Waals surface area (Å²) in [4.78, 5) is 27.7. The van der Waals surface area contributed by atoms with Crippen molar-refractivity contribution in [2.45, 2.75) is 25.3 Å². The van der Waals surface area contributed by atoms with Crippen LogP contribution < -0.4 is 5.32 Å². The van der Waals surface area contributed by atoms with Crippen LogP contribution in [0.15, 0.2) is 16.5 Å². The highest BCUT2D eigenvalue weighted by atomic mass is 35.5. The molecule has 0 bridgehead atoms. The SMILES string of the molecule is O=C(c1ccc(Cl)o1)N1CCC(N2CCCNC2=O)CC1. The van der Waals surface area contributed by atoms with Gasteiger partial charge in [-0.2, -0.15) is 0 Å². The van der Waals surface area contributed by atoms with E-state index in [2.05, 4.69) is 5.32 Å². The molecule has 1 aromatic rings. The van der Waals surface area contributed by atoms with Crippen molar-refractivity contribution in [3.8, 4) is 0 Å². The first-order chi connectivity index (χ1) is 10.1. The number of amides is 3. The van der Waals surface area contributed by atoms with Crippen LogP contribution in [-0.2, 0) is 0 Å². The molecule has 0 aromatic carbocycles. The molecule has 3 rings (SSSR count). The number of hydrogen-bond acceptors (Lipinski definition) is 3. The molecule has 2 aliphatic rings. The number of urea groups is 1. The van der Waals surface area contributed by atoms with E-state index in [0.29, 0.717) is 13.1 Å². The molecule has 1 aromatic heterocycles. The third kappa shape index (κ3) is 3.00. The van der Waals surface area contributed by atoms with Crippen molar-refractivity contribution in [1.82, 2.24) is 15.1 Å². The zero-order valence-corrected chi connectivity index (χ0v) is 12.4. The molecule has 0 unspecified atom stereocenters. The van der Waals surface area contributed by atoms with Gasteiger partial charge >= 0.3 is 6.03 Å². The average Bonchev–Trinajstić information content (AvgIpc) is 2.94. The molecule has 21 heavy (non-hydrogen) atoms. The number of likely N-dealkylation sites (tertiary alicyclic amines) is 1. The Morgan fingerprint density at radius 2 is 2.05 bits per heavy atom. The number of furan rings is 1. The Morgan fingerprint density at radius 1 is 1.29 bits per heavy atom. The van der Waals surface area contributed by atoms with E-state index in [0.717, 1.165) is 32.4 Å². The van der Waals surface area contributed by atoms with E-state index >= 15 is 0 Å². The van der Waals surface area contributed by atoms with Crippen LogP contribution in [0.4, 0.5) is 4.79 Å². The normalized spacial score (nSPS) is 20.5. The van der Waals surface area contributed by atoms with E-state index in [1.165, 1.54) is 0 Å². The van der Waals surface area contributed by atoms with Crippen LogP contribution in [0.3, 0.4) is 0 Å². The molecule has 7 heteroatoms. The van der Waals surface area contributed by atoms with Crippen LogP contribution in [0.5, 0.6) is 0 Å². The minimum Gasteiger partial charge on any atom is -0.440 e. The minimum absolute atomic E-state index is 0.0174. The second-order valence-corrected chi connectivity index (χ2v) is 5.78. The highest BCUT2D eigenvalue weighted by Gasteiger charge is 2.31. The van der Waals surface area contributed by atoms with Gasteiger partial charge in [-0.3, -0.25) is 4.79 Å². The van der Waals surface area contributed by atoms with Crippen molar-refractivity contribution in [3.05, 3.63) is 23.1 Å². The topological polar surface area (TPSA) is 65.8 Å². The summed E-state index contributed by atoms with van der Waals surface area (Å²) in [6.07, 6.45) is 2.58. The zero-order valence-electron chi connectivity index (χ0n) is 11.7. The number of halogens is 1. The van der Waals surface area contributed by atoms with Crippen molar-refractivity contribution in [3.63, 3.8) is 0 Å². The van der Waals surface area contributed by atoms with Gasteiger partial charge in [-0.1, -0.05) is 0 Å². The number of carbonyl (C=O) groups excluding carboxylic acids is 2. The monoisotopic (exact) mass is 311 g/mol. The van der Waals surface area contributed by atoms with Crippen molar-refractivity contribution in [2.24, 2.45) is 0 Å². The summed E-state index contributed by atoms with van der Waals surface area (Å²) in [6.45, 7) is 2.82. The molecular formula is C14H18ClN3O3. The Bertz CT molecular complexity index is 537. The van der Waals surface area contributed by atoms with Gasteiger partial charge in [-0.15, -0.1) is 0 Å². The summed E-state index contributed by atoms with van der Waals surface area (Å²) in [5.41, 5.74) is 0. The first kappa shape index (κ1) is 14.3. The Hall–Kier alpha value is -1.69. The van der Waals surface area contributed by atoms with Gasteiger partial charge in [0, 0.05) is 32.2 Å². The highest BCUT2D eigenvalue weighted by Crippen LogP contribution is 2.21. The molecule has 3 amide bonds. The number of hydrogen-bond donors (Lipinski definition) is 1. The fourth-order valence-corrected chi connectivity index (χ4v) is 3.11. The number of carbonyl (C=O) groups is 2. The van der Waals surface area contributed by atoms with Gasteiger partial charge in [0.05, 0.1) is 0 Å². The minimum atomic E-state index is -0.136. The van der Waals surface area contributed by atoms with Gasteiger partial charge < -0.3 is 19.5 Å². The van der Waals surface area contributed by atoms with E-state index in [1.54, 1.807) is 17.0 Å². The Balaban J connectivity index is 1.57. The molecule has 1 N–H and O–H groups in total. The Morgan fingerprint density at radius 3 is 2.67 bits per heavy atom. The van der Waals surface area contributed by atoms with Crippen LogP contribution >= 0.6 is 11.6 Å². The van der Waals surface area contributed by atoms with Crippen LogP contribution in [0.2, 0.25) is 5.22 Å². The van der Waals surface area contributed by atoms with Crippen LogP contribution in [0.1, 0.15) is 29.8 Å². The van der Waals surface area contributed by atoms with Crippen LogP contribution in [0, 0.1) is 0 Å². The number of nitrogens with one attached hydrogen (secondary N) is 1. The molecule has 0 atom stereocenters. The molecule has 0 spiro atoms. The summed E-state index contributed by atoms with van der Waals surface area (Å²) in [5.74, 6) is 0.137. The third-order valence-electron chi connectivity index (χ3n) is 4.09. The van der Waals surface area contributed by atoms with E-state index in [9.17, 15) is 9.59 Å². The predicted molar refractivity (Wildman–Crippen MR) is 77.4 cm³/mol. The van der Waals surface area contributed by atoms with Crippen LogP contribution in [0.25, 0.3) is 0 Å². The molecule has 2 saturated heterocycles. The van der Waals surface area contributed by atoms with Crippen molar-refractivity contribution in [2.75, 3.05) is 26.2 Å². The standard InChI is InChI=1S/C14H18ClN3O3/c15-12-3-2-11(21-12)13(19)17-8-4-10(5-9-17)18-7-1-6-16-14(18)20/h2-3,10H,1,4-9H2,(H,16,20). The predicted octanol–water partition coefficient (Wildman–Crippen LogP) is 1.95. The lowest BCUT2D eigenvalue weighted by atomic mass is 10.0. The molecule has 2 aliphatic heterocycles. The van der Waals surface area contributed by atoms with E-state index in [-0.39, 0.29) is 29.0 Å². The number of nitrogens with zero attached hydrogens (tertiary/aromatic N) is 2. The summed E-state index contributed by atoms with van der Waals surface area (Å²) in [5, 5.41) is 3.09. The van der Waals surface area contributed by atoms with Gasteiger partial charge in [0.1, 0.15) is 0 Å². The zero-order chi connectivity index (χ0) is 14.8. The quantitative estimate of drug-likeness (QED) is 0.908. The Labute approximate surface area is 128 Å². The number of piperidine rings is 1. The lowest BCUT2D eigenvalue weighted by Crippen LogP contribution is -2.54. The molecule has 114 valence electrons. The van der Waals surface area contributed by atoms with Gasteiger partial charge in [-0.25, -0.2) is 4.79 Å². The first-order valence-corrected chi connectivity index (χ1v) is 7.62. The fourth-order valence-electron chi connectivity index (χ4n) is 2.96. The summed E-state index contributed by atoms with van der Waals surface area (Å²) >= 11 is 5.70. The maximum atomic E-state index is 12.2. The van der Waals surface area contributed by atoms with Crippen molar-refractivity contribution >= 4 is 23.5 Å². The molecule has 6 nitrogen and oxygen atoms in total. The van der Waals surface area contributed by atoms with Crippen LogP contribution in [-0.4, -0.2) is 54.0 Å². The van der Waals surface area contributed by atoms with Gasteiger partial charge in [0.15, 0.2) is 11.0 Å². The lowest BCUT2D eigenvalue weighted by Gasteiger charge is -2.40. The maximum absolute atomic E-state index is 12.2. The first-order valence-electron chi connectivity index (χ1n) is 7.24. The summed E-state index contributed by atoms with van der Waals surface area (Å²) < 4.78 is 5.16. The fraction of sp³-hybridized carbons (Fsp3) is 0.571. The molecule has 0 radical (unpaired) electrons. The Kier molecular flexibility index (Phi) is 4.05. The van der Waals surface area contributed by atoms with Crippen molar-refractivity contribution < 1.29 is 14.0 Å². The number of rotatable bonds is 2. The maximum Gasteiger partial charge on any atom is 0.317 e. The third-order valence-corrected chi connectivity index (χ3v) is 4.29. The average molecular weight is 312 g/mol. The highest BCUT2D eigenvalue weighted by molar-refractivity contribution is 6.29. The lowest BCUT2D eigenvalue weighted by molar-refractivity contribution is 0.0613. The largest absolute Gasteiger partial charge is 0.440 e. The summed E-state index contributed by atoms with van der Waals surface area (Å²) in [6, 6.07) is 3.40. The smallest absolute Gasteiger partial charge is 0.317 e. The van der Waals surface area contributed by atoms with Crippen molar-refractivity contribution in [1.29, 1.82) is 0 Å². The van der Waals surface area contributed by atoms with Gasteiger partial charge in [0.2, 0.25) is 0 Å². The molecular weight excluding hydrogens is 294 g/mol. The van der Waals surface area contributed by atoms with Gasteiger partial charge in [-0.05, 0) is 43.0 Å².